The van der Waals surface area contributed by atoms with Crippen LogP contribution < -0.4 is 0 Å². The Morgan fingerprint density at radius 2 is 1.96 bits per heavy atom. The Morgan fingerprint density at radius 3 is 2.79 bits per heavy atom. The molecule has 28 heavy (non-hydrogen) atoms. The van der Waals surface area contributed by atoms with Gasteiger partial charge in [0, 0.05) is 31.6 Å². The molecule has 0 aliphatic carbocycles. The lowest BCUT2D eigenvalue weighted by atomic mass is 10.1. The standard InChI is InChI=1S/C19H15N7O2/c1-25-17(27)9-7-14(23-25)19-22-18(24-28-19)12-6-8-16(20-10-12)26-11-21-13-4-2-3-5-15(13)26/h2-6,8,10-11H,7,9H2,1H3. The van der Waals surface area contributed by atoms with Gasteiger partial charge in [-0.3, -0.25) is 9.36 Å². The molecule has 0 radical (unpaired) electrons. The predicted octanol–water partition coefficient (Wildman–Crippen LogP) is 2.43. The molecule has 4 heterocycles. The highest BCUT2D eigenvalue weighted by Gasteiger charge is 2.22. The molecule has 0 fully saturated rings. The quantitative estimate of drug-likeness (QED) is 0.546. The zero-order chi connectivity index (χ0) is 19.1. The summed E-state index contributed by atoms with van der Waals surface area (Å²) in [6.07, 6.45) is 4.30. The Bertz CT molecular complexity index is 1210. The first-order chi connectivity index (χ1) is 13.7. The number of aromatic nitrogens is 5. The van der Waals surface area contributed by atoms with Crippen LogP contribution in [0.25, 0.3) is 28.2 Å². The van der Waals surface area contributed by atoms with E-state index in [2.05, 4.69) is 25.2 Å². The van der Waals surface area contributed by atoms with Gasteiger partial charge in [0.05, 0.1) is 11.0 Å². The number of hydrogen-bond donors (Lipinski definition) is 0. The normalized spacial score (nSPS) is 14.5. The van der Waals surface area contributed by atoms with Crippen LogP contribution in [-0.4, -0.2) is 48.4 Å². The molecule has 1 amide bonds. The monoisotopic (exact) mass is 373 g/mol. The topological polar surface area (TPSA) is 102 Å². The van der Waals surface area contributed by atoms with Crippen molar-refractivity contribution in [3.8, 4) is 17.2 Å². The van der Waals surface area contributed by atoms with Crippen molar-refractivity contribution in [2.24, 2.45) is 5.10 Å². The van der Waals surface area contributed by atoms with E-state index >= 15 is 0 Å². The summed E-state index contributed by atoms with van der Waals surface area (Å²) in [6.45, 7) is 0. The Labute approximate surface area is 159 Å². The van der Waals surface area contributed by atoms with Crippen molar-refractivity contribution in [3.05, 3.63) is 54.8 Å². The van der Waals surface area contributed by atoms with Crippen LogP contribution in [0, 0.1) is 0 Å². The molecule has 1 aromatic carbocycles. The van der Waals surface area contributed by atoms with Crippen LogP contribution >= 0.6 is 0 Å². The lowest BCUT2D eigenvalue weighted by molar-refractivity contribution is -0.130. The van der Waals surface area contributed by atoms with Gasteiger partial charge in [0.1, 0.15) is 17.9 Å². The maximum atomic E-state index is 11.5. The maximum Gasteiger partial charge on any atom is 0.274 e. The molecule has 0 spiro atoms. The second-order valence-corrected chi connectivity index (χ2v) is 6.40. The highest BCUT2D eigenvalue weighted by Crippen LogP contribution is 2.21. The molecular weight excluding hydrogens is 358 g/mol. The molecule has 9 nitrogen and oxygen atoms in total. The first-order valence-electron chi connectivity index (χ1n) is 8.76. The summed E-state index contributed by atoms with van der Waals surface area (Å²) in [5.41, 5.74) is 3.23. The summed E-state index contributed by atoms with van der Waals surface area (Å²) >= 11 is 0. The zero-order valence-corrected chi connectivity index (χ0v) is 15.0. The summed E-state index contributed by atoms with van der Waals surface area (Å²) in [5, 5.41) is 9.51. The summed E-state index contributed by atoms with van der Waals surface area (Å²) in [7, 11) is 1.61. The number of rotatable bonds is 3. The second kappa shape index (κ2) is 6.38. The van der Waals surface area contributed by atoms with E-state index in [4.69, 9.17) is 4.52 Å². The van der Waals surface area contributed by atoms with Gasteiger partial charge in [-0.1, -0.05) is 17.3 Å². The number of nitrogens with zero attached hydrogens (tertiary/aromatic N) is 7. The Hall–Kier alpha value is -3.88. The molecule has 1 aliphatic heterocycles. The molecule has 0 unspecified atom stereocenters. The van der Waals surface area contributed by atoms with Gasteiger partial charge in [-0.25, -0.2) is 15.0 Å². The van der Waals surface area contributed by atoms with Gasteiger partial charge in [0.25, 0.3) is 5.89 Å². The highest BCUT2D eigenvalue weighted by atomic mass is 16.5. The largest absolute Gasteiger partial charge is 0.332 e. The van der Waals surface area contributed by atoms with Crippen molar-refractivity contribution in [1.29, 1.82) is 0 Å². The van der Waals surface area contributed by atoms with E-state index in [1.54, 1.807) is 19.6 Å². The third-order valence-electron chi connectivity index (χ3n) is 4.59. The van der Waals surface area contributed by atoms with Crippen LogP contribution in [0.1, 0.15) is 18.7 Å². The maximum absolute atomic E-state index is 11.5. The minimum absolute atomic E-state index is 0.0321. The number of carbonyl (C=O) groups excluding carboxylic acids is 1. The first-order valence-corrected chi connectivity index (χ1v) is 8.76. The van der Waals surface area contributed by atoms with Crippen LogP contribution in [0.5, 0.6) is 0 Å². The minimum atomic E-state index is -0.0321. The lowest BCUT2D eigenvalue weighted by Gasteiger charge is -2.17. The van der Waals surface area contributed by atoms with Crippen molar-refractivity contribution >= 4 is 22.7 Å². The molecule has 4 aromatic rings. The van der Waals surface area contributed by atoms with Crippen molar-refractivity contribution < 1.29 is 9.32 Å². The molecule has 0 saturated carbocycles. The van der Waals surface area contributed by atoms with E-state index in [-0.39, 0.29) is 5.91 Å². The number of pyridine rings is 1. The Balaban J connectivity index is 1.43. The number of hydrogen-bond acceptors (Lipinski definition) is 7. The molecule has 5 rings (SSSR count). The van der Waals surface area contributed by atoms with Crippen LogP contribution in [0.2, 0.25) is 0 Å². The third kappa shape index (κ3) is 2.73. The smallest absolute Gasteiger partial charge is 0.274 e. The third-order valence-corrected chi connectivity index (χ3v) is 4.59. The summed E-state index contributed by atoms with van der Waals surface area (Å²) in [6, 6.07) is 11.6. The van der Waals surface area contributed by atoms with Crippen LogP contribution in [0.15, 0.2) is 58.5 Å². The molecule has 138 valence electrons. The molecule has 0 bridgehead atoms. The average Bonchev–Trinajstić information content (AvgIpc) is 3.38. The predicted molar refractivity (Wildman–Crippen MR) is 101 cm³/mol. The molecule has 3 aromatic heterocycles. The summed E-state index contributed by atoms with van der Waals surface area (Å²) in [5.74, 6) is 1.46. The van der Waals surface area contributed by atoms with E-state index in [0.717, 1.165) is 22.4 Å². The zero-order valence-electron chi connectivity index (χ0n) is 15.0. The van der Waals surface area contributed by atoms with Crippen molar-refractivity contribution in [2.45, 2.75) is 12.8 Å². The molecule has 0 N–H and O–H groups in total. The fraction of sp³-hybridized carbons (Fsp3) is 0.158. The van der Waals surface area contributed by atoms with Gasteiger partial charge in [-0.2, -0.15) is 10.1 Å². The molecule has 0 saturated heterocycles. The summed E-state index contributed by atoms with van der Waals surface area (Å²) < 4.78 is 7.25. The molecule has 1 aliphatic rings. The van der Waals surface area contributed by atoms with E-state index in [1.165, 1.54) is 5.01 Å². The van der Waals surface area contributed by atoms with E-state index in [9.17, 15) is 4.79 Å². The first kappa shape index (κ1) is 16.3. The number of amides is 1. The lowest BCUT2D eigenvalue weighted by Crippen LogP contribution is -2.28. The minimum Gasteiger partial charge on any atom is -0.332 e. The van der Waals surface area contributed by atoms with Gasteiger partial charge in [-0.05, 0) is 24.3 Å². The van der Waals surface area contributed by atoms with Crippen molar-refractivity contribution in [1.82, 2.24) is 29.7 Å². The molecular formula is C19H15N7O2. The van der Waals surface area contributed by atoms with Crippen molar-refractivity contribution in [3.63, 3.8) is 0 Å². The number of carbonyl (C=O) groups is 1. The summed E-state index contributed by atoms with van der Waals surface area (Å²) in [4.78, 5) is 24.8. The fourth-order valence-corrected chi connectivity index (χ4v) is 3.08. The van der Waals surface area contributed by atoms with Gasteiger partial charge in [0.2, 0.25) is 11.7 Å². The van der Waals surface area contributed by atoms with E-state index in [0.29, 0.717) is 30.3 Å². The van der Waals surface area contributed by atoms with E-state index < -0.39 is 0 Å². The van der Waals surface area contributed by atoms with Gasteiger partial charge < -0.3 is 4.52 Å². The Kier molecular flexibility index (Phi) is 3.71. The van der Waals surface area contributed by atoms with Crippen LogP contribution in [-0.2, 0) is 4.79 Å². The molecule has 0 atom stereocenters. The fourth-order valence-electron chi connectivity index (χ4n) is 3.08. The second-order valence-electron chi connectivity index (χ2n) is 6.40. The van der Waals surface area contributed by atoms with E-state index in [1.807, 2.05) is 41.0 Å². The SMILES string of the molecule is CN1N=C(c2nc(-c3ccc(-n4cnc5ccccc54)nc3)no2)CCC1=O. The van der Waals surface area contributed by atoms with Crippen LogP contribution in [0.4, 0.5) is 0 Å². The number of para-hydroxylation sites is 2. The highest BCUT2D eigenvalue weighted by molar-refractivity contribution is 6.01. The number of benzene rings is 1. The van der Waals surface area contributed by atoms with Gasteiger partial charge in [0.15, 0.2) is 0 Å². The Morgan fingerprint density at radius 1 is 1.07 bits per heavy atom. The van der Waals surface area contributed by atoms with Gasteiger partial charge in [-0.15, -0.1) is 0 Å². The van der Waals surface area contributed by atoms with Gasteiger partial charge >= 0.3 is 0 Å². The van der Waals surface area contributed by atoms with Crippen LogP contribution in [0.3, 0.4) is 0 Å². The number of fused-ring (bicyclic) bond motifs is 1. The number of hydrazone groups is 1. The molecule has 9 heteroatoms. The van der Waals surface area contributed by atoms with Crippen molar-refractivity contribution in [2.75, 3.05) is 7.05 Å². The average molecular weight is 373 g/mol. The number of imidazole rings is 1.